The van der Waals surface area contributed by atoms with Gasteiger partial charge in [0.15, 0.2) is 0 Å². The number of hydrogen-bond donors (Lipinski definition) is 0. The van der Waals surface area contributed by atoms with Crippen LogP contribution in [0.5, 0.6) is 0 Å². The third kappa shape index (κ3) is 2.57. The number of rotatable bonds is 4. The average Bonchev–Trinajstić information content (AvgIpc) is 2.35. The van der Waals surface area contributed by atoms with E-state index in [2.05, 4.69) is 0 Å². The van der Waals surface area contributed by atoms with Gasteiger partial charge in [-0.25, -0.2) is 4.79 Å². The fraction of sp³-hybridized carbons (Fsp3) is 0.556. The number of ketones is 1. The first-order valence-electron chi connectivity index (χ1n) is 4.32. The average molecular weight is 182 g/mol. The van der Waals surface area contributed by atoms with Gasteiger partial charge in [0, 0.05) is 32.4 Å². The Bertz CT molecular complexity index is 349. The second-order valence-electron chi connectivity index (χ2n) is 3.19. The lowest BCUT2D eigenvalue weighted by Gasteiger charge is -1.98. The summed E-state index contributed by atoms with van der Waals surface area (Å²) in [5, 5.41) is 0. The van der Waals surface area contributed by atoms with Gasteiger partial charge in [0.25, 0.3) is 0 Å². The summed E-state index contributed by atoms with van der Waals surface area (Å²) >= 11 is 0. The van der Waals surface area contributed by atoms with Gasteiger partial charge in [-0.05, 0) is 13.3 Å². The van der Waals surface area contributed by atoms with Crippen molar-refractivity contribution >= 4 is 5.78 Å². The molecule has 0 aliphatic heterocycles. The minimum absolute atomic E-state index is 0.0245. The number of aryl methyl sites for hydroxylation is 2. The molecule has 1 rings (SSSR count). The summed E-state index contributed by atoms with van der Waals surface area (Å²) < 4.78 is 3.14. The Labute approximate surface area is 76.8 Å². The van der Waals surface area contributed by atoms with Crippen molar-refractivity contribution in [2.45, 2.75) is 26.3 Å². The molecule has 4 heteroatoms. The molecule has 1 heterocycles. The quantitative estimate of drug-likeness (QED) is 0.682. The Hall–Kier alpha value is -1.32. The van der Waals surface area contributed by atoms with Gasteiger partial charge in [0.05, 0.1) is 0 Å². The predicted molar refractivity (Wildman–Crippen MR) is 49.6 cm³/mol. The molecule has 1 aromatic rings. The normalized spacial score (nSPS) is 10.3. The third-order valence-electron chi connectivity index (χ3n) is 1.95. The van der Waals surface area contributed by atoms with E-state index >= 15 is 0 Å². The van der Waals surface area contributed by atoms with Crippen LogP contribution >= 0.6 is 0 Å². The van der Waals surface area contributed by atoms with E-state index in [0.29, 0.717) is 13.0 Å². The summed E-state index contributed by atoms with van der Waals surface area (Å²) in [6.07, 6.45) is 4.74. The number of carbonyl (C=O) groups is 1. The van der Waals surface area contributed by atoms with Crippen LogP contribution in [0.25, 0.3) is 0 Å². The van der Waals surface area contributed by atoms with Crippen LogP contribution in [0.15, 0.2) is 17.2 Å². The molecule has 0 saturated carbocycles. The Morgan fingerprint density at radius 1 is 1.46 bits per heavy atom. The lowest BCUT2D eigenvalue weighted by atomic mass is 10.2. The largest absolute Gasteiger partial charge is 0.327 e. The van der Waals surface area contributed by atoms with Gasteiger partial charge in [0.2, 0.25) is 0 Å². The number of imidazole rings is 1. The highest BCUT2D eigenvalue weighted by atomic mass is 16.1. The number of nitrogens with zero attached hydrogens (tertiary/aromatic N) is 2. The van der Waals surface area contributed by atoms with E-state index < -0.39 is 0 Å². The van der Waals surface area contributed by atoms with Crippen LogP contribution < -0.4 is 5.69 Å². The van der Waals surface area contributed by atoms with Gasteiger partial charge in [0.1, 0.15) is 5.78 Å². The molecule has 0 aliphatic rings. The SMILES string of the molecule is CC(=O)CCCn1ccn(C)c1=O. The summed E-state index contributed by atoms with van der Waals surface area (Å²) in [7, 11) is 1.71. The maximum Gasteiger partial charge on any atom is 0.327 e. The van der Waals surface area contributed by atoms with Gasteiger partial charge in [-0.3, -0.25) is 4.57 Å². The number of hydrogen-bond acceptors (Lipinski definition) is 2. The highest BCUT2D eigenvalue weighted by molar-refractivity contribution is 5.75. The summed E-state index contributed by atoms with van der Waals surface area (Å²) in [5.41, 5.74) is -0.0245. The molecule has 0 spiro atoms. The first kappa shape index (κ1) is 9.77. The Morgan fingerprint density at radius 3 is 2.62 bits per heavy atom. The zero-order valence-electron chi connectivity index (χ0n) is 7.99. The Kier molecular flexibility index (Phi) is 3.06. The molecule has 0 aromatic carbocycles. The van der Waals surface area contributed by atoms with Crippen molar-refractivity contribution in [1.82, 2.24) is 9.13 Å². The van der Waals surface area contributed by atoms with Gasteiger partial charge in [-0.2, -0.15) is 0 Å². The van der Waals surface area contributed by atoms with Crippen molar-refractivity contribution in [3.8, 4) is 0 Å². The molecule has 72 valence electrons. The smallest absolute Gasteiger partial charge is 0.302 e. The van der Waals surface area contributed by atoms with E-state index in [4.69, 9.17) is 0 Å². The number of carbonyl (C=O) groups excluding carboxylic acids is 1. The maximum atomic E-state index is 11.3. The molecule has 13 heavy (non-hydrogen) atoms. The number of aromatic nitrogens is 2. The molecule has 0 atom stereocenters. The van der Waals surface area contributed by atoms with Gasteiger partial charge in [-0.15, -0.1) is 0 Å². The molecular weight excluding hydrogens is 168 g/mol. The third-order valence-corrected chi connectivity index (χ3v) is 1.95. The molecule has 0 fully saturated rings. The van der Waals surface area contributed by atoms with E-state index in [0.717, 1.165) is 6.42 Å². The van der Waals surface area contributed by atoms with E-state index in [1.807, 2.05) is 0 Å². The molecule has 0 amide bonds. The first-order valence-corrected chi connectivity index (χ1v) is 4.32. The van der Waals surface area contributed by atoms with E-state index in [-0.39, 0.29) is 11.5 Å². The lowest BCUT2D eigenvalue weighted by molar-refractivity contribution is -0.117. The summed E-state index contributed by atoms with van der Waals surface area (Å²) in [6.45, 7) is 2.19. The second-order valence-corrected chi connectivity index (χ2v) is 3.19. The minimum atomic E-state index is -0.0245. The maximum absolute atomic E-state index is 11.3. The molecule has 0 saturated heterocycles. The Morgan fingerprint density at radius 2 is 2.15 bits per heavy atom. The molecule has 0 bridgehead atoms. The van der Waals surface area contributed by atoms with Crippen LogP contribution in [0.3, 0.4) is 0 Å². The molecule has 0 radical (unpaired) electrons. The topological polar surface area (TPSA) is 44.0 Å². The Balaban J connectivity index is 2.51. The molecule has 0 aliphatic carbocycles. The molecule has 1 aromatic heterocycles. The number of Topliss-reactive ketones (excluding diaryl/α,β-unsaturated/α-hetero) is 1. The zero-order chi connectivity index (χ0) is 9.84. The van der Waals surface area contributed by atoms with Crippen molar-refractivity contribution in [3.05, 3.63) is 22.9 Å². The second kappa shape index (κ2) is 4.07. The van der Waals surface area contributed by atoms with Crippen LogP contribution in [-0.4, -0.2) is 14.9 Å². The predicted octanol–water partition coefficient (Wildman–Crippen LogP) is 0.556. The monoisotopic (exact) mass is 182 g/mol. The lowest BCUT2D eigenvalue weighted by Crippen LogP contribution is -2.22. The minimum Gasteiger partial charge on any atom is -0.302 e. The fourth-order valence-corrected chi connectivity index (χ4v) is 1.18. The van der Waals surface area contributed by atoms with Crippen LogP contribution in [0.2, 0.25) is 0 Å². The van der Waals surface area contributed by atoms with E-state index in [9.17, 15) is 9.59 Å². The molecule has 0 unspecified atom stereocenters. The van der Waals surface area contributed by atoms with Gasteiger partial charge in [-0.1, -0.05) is 0 Å². The van der Waals surface area contributed by atoms with Crippen molar-refractivity contribution < 1.29 is 4.79 Å². The molecule has 4 nitrogen and oxygen atoms in total. The van der Waals surface area contributed by atoms with Crippen molar-refractivity contribution in [2.75, 3.05) is 0 Å². The van der Waals surface area contributed by atoms with E-state index in [1.54, 1.807) is 30.9 Å². The summed E-state index contributed by atoms with van der Waals surface area (Å²) in [4.78, 5) is 21.9. The highest BCUT2D eigenvalue weighted by Gasteiger charge is 1.99. The molecule has 0 N–H and O–H groups in total. The van der Waals surface area contributed by atoms with Crippen LogP contribution in [0, 0.1) is 0 Å². The van der Waals surface area contributed by atoms with Crippen molar-refractivity contribution in [1.29, 1.82) is 0 Å². The van der Waals surface area contributed by atoms with Gasteiger partial charge >= 0.3 is 5.69 Å². The van der Waals surface area contributed by atoms with Crippen LogP contribution in [-0.2, 0) is 18.4 Å². The fourth-order valence-electron chi connectivity index (χ4n) is 1.18. The van der Waals surface area contributed by atoms with E-state index in [1.165, 1.54) is 4.57 Å². The van der Waals surface area contributed by atoms with Crippen molar-refractivity contribution in [2.24, 2.45) is 7.05 Å². The summed E-state index contributed by atoms with van der Waals surface area (Å²) in [6, 6.07) is 0. The molecular formula is C9H14N2O2. The van der Waals surface area contributed by atoms with Crippen LogP contribution in [0.4, 0.5) is 0 Å². The van der Waals surface area contributed by atoms with Gasteiger partial charge < -0.3 is 9.36 Å². The zero-order valence-corrected chi connectivity index (χ0v) is 7.99. The highest BCUT2D eigenvalue weighted by Crippen LogP contribution is 1.93. The van der Waals surface area contributed by atoms with Crippen molar-refractivity contribution in [3.63, 3.8) is 0 Å². The summed E-state index contributed by atoms with van der Waals surface area (Å²) in [5.74, 6) is 0.170. The van der Waals surface area contributed by atoms with Crippen LogP contribution in [0.1, 0.15) is 19.8 Å². The standard InChI is InChI=1S/C9H14N2O2/c1-8(12)4-3-5-11-7-6-10(2)9(11)13/h6-7H,3-5H2,1-2H3. The first-order chi connectivity index (χ1) is 6.11.